The number of nitrogens with one attached hydrogen (secondary N) is 1. The van der Waals surface area contributed by atoms with E-state index in [4.69, 9.17) is 0 Å². The molecule has 0 fully saturated rings. The Bertz CT molecular complexity index is 853. The van der Waals surface area contributed by atoms with E-state index in [9.17, 15) is 4.79 Å². The molecule has 0 aliphatic heterocycles. The third kappa shape index (κ3) is 4.29. The van der Waals surface area contributed by atoms with Gasteiger partial charge in [0.25, 0.3) is 5.91 Å². The van der Waals surface area contributed by atoms with Gasteiger partial charge < -0.3 is 4.90 Å². The number of thiophene rings is 1. The number of aromatic nitrogens is 1. The fourth-order valence-corrected chi connectivity index (χ4v) is 4.60. The van der Waals surface area contributed by atoms with Crippen LogP contribution in [0.3, 0.4) is 0 Å². The molecule has 0 aliphatic carbocycles. The number of amides is 1. The zero-order valence-corrected chi connectivity index (χ0v) is 17.2. The van der Waals surface area contributed by atoms with Crippen molar-refractivity contribution in [3.63, 3.8) is 0 Å². The number of hydrogen-bond acceptors (Lipinski definition) is 5. The molecule has 0 bridgehead atoms. The highest BCUT2D eigenvalue weighted by molar-refractivity contribution is 9.11. The van der Waals surface area contributed by atoms with Crippen molar-refractivity contribution in [2.75, 3.05) is 23.3 Å². The number of hydrogen-bond donors (Lipinski definition) is 1. The van der Waals surface area contributed by atoms with Crippen LogP contribution in [0.2, 0.25) is 0 Å². The number of benzene rings is 1. The van der Waals surface area contributed by atoms with Crippen molar-refractivity contribution in [2.24, 2.45) is 0 Å². The van der Waals surface area contributed by atoms with Crippen LogP contribution in [0.4, 0.5) is 10.8 Å². The lowest BCUT2D eigenvalue weighted by atomic mass is 10.2. The first kappa shape index (κ1) is 18.1. The summed E-state index contributed by atoms with van der Waals surface area (Å²) in [5.41, 5.74) is 2.64. The minimum Gasteiger partial charge on any atom is -0.372 e. The van der Waals surface area contributed by atoms with E-state index >= 15 is 0 Å². The topological polar surface area (TPSA) is 45.2 Å². The standard InChI is InChI=1S/C18H18BrN3OS2/c1-3-22(4-2)13-7-5-12(6-8-13)17(23)21-18-20-14(11-24-18)15-9-10-16(19)25-15/h5-11H,3-4H2,1-2H3,(H,20,21,23). The molecule has 0 atom stereocenters. The molecule has 0 radical (unpaired) electrons. The Kier molecular flexibility index (Phi) is 5.88. The van der Waals surface area contributed by atoms with Gasteiger partial charge in [-0.05, 0) is 66.2 Å². The third-order valence-corrected chi connectivity index (χ3v) is 6.21. The number of halogens is 1. The predicted molar refractivity (Wildman–Crippen MR) is 111 cm³/mol. The lowest BCUT2D eigenvalue weighted by molar-refractivity contribution is 0.102. The molecule has 130 valence electrons. The van der Waals surface area contributed by atoms with Crippen LogP contribution in [-0.4, -0.2) is 24.0 Å². The maximum Gasteiger partial charge on any atom is 0.257 e. The first-order chi connectivity index (χ1) is 12.1. The van der Waals surface area contributed by atoms with Gasteiger partial charge in [0.05, 0.1) is 14.4 Å². The van der Waals surface area contributed by atoms with Crippen LogP contribution >= 0.6 is 38.6 Å². The molecule has 0 spiro atoms. The van der Waals surface area contributed by atoms with E-state index in [1.54, 1.807) is 11.3 Å². The fourth-order valence-electron chi connectivity index (χ4n) is 2.48. The van der Waals surface area contributed by atoms with Crippen LogP contribution in [0.1, 0.15) is 24.2 Å². The Morgan fingerprint density at radius 2 is 1.88 bits per heavy atom. The third-order valence-electron chi connectivity index (χ3n) is 3.81. The van der Waals surface area contributed by atoms with Crippen molar-refractivity contribution in [3.05, 3.63) is 51.1 Å². The second kappa shape index (κ2) is 8.12. The molecule has 0 saturated heterocycles. The summed E-state index contributed by atoms with van der Waals surface area (Å²) >= 11 is 6.51. The monoisotopic (exact) mass is 435 g/mol. The highest BCUT2D eigenvalue weighted by atomic mass is 79.9. The molecule has 0 unspecified atom stereocenters. The molecule has 7 heteroatoms. The molecule has 25 heavy (non-hydrogen) atoms. The molecular weight excluding hydrogens is 418 g/mol. The lowest BCUT2D eigenvalue weighted by Crippen LogP contribution is -2.21. The van der Waals surface area contributed by atoms with Crippen LogP contribution in [-0.2, 0) is 0 Å². The number of nitrogens with zero attached hydrogens (tertiary/aromatic N) is 2. The zero-order chi connectivity index (χ0) is 17.8. The number of anilines is 2. The minimum absolute atomic E-state index is 0.139. The number of rotatable bonds is 6. The number of thiazole rings is 1. The van der Waals surface area contributed by atoms with E-state index in [-0.39, 0.29) is 5.91 Å². The Hall–Kier alpha value is -1.70. The van der Waals surface area contributed by atoms with Crippen molar-refractivity contribution in [1.82, 2.24) is 4.98 Å². The van der Waals surface area contributed by atoms with Gasteiger partial charge in [0.1, 0.15) is 0 Å². The highest BCUT2D eigenvalue weighted by Gasteiger charge is 2.12. The van der Waals surface area contributed by atoms with Crippen molar-refractivity contribution in [3.8, 4) is 10.6 Å². The van der Waals surface area contributed by atoms with Gasteiger partial charge in [0.2, 0.25) is 0 Å². The molecule has 2 heterocycles. The summed E-state index contributed by atoms with van der Waals surface area (Å²) in [6, 6.07) is 11.7. The molecule has 1 amide bonds. The lowest BCUT2D eigenvalue weighted by Gasteiger charge is -2.20. The highest BCUT2D eigenvalue weighted by Crippen LogP contribution is 2.33. The van der Waals surface area contributed by atoms with E-state index in [0.717, 1.165) is 33.1 Å². The smallest absolute Gasteiger partial charge is 0.257 e. The van der Waals surface area contributed by atoms with E-state index in [1.807, 2.05) is 41.8 Å². The minimum atomic E-state index is -0.139. The first-order valence-electron chi connectivity index (χ1n) is 7.98. The maximum atomic E-state index is 12.4. The quantitative estimate of drug-likeness (QED) is 0.537. The van der Waals surface area contributed by atoms with Crippen LogP contribution in [0.15, 0.2) is 45.6 Å². The van der Waals surface area contributed by atoms with E-state index in [1.165, 1.54) is 11.3 Å². The summed E-state index contributed by atoms with van der Waals surface area (Å²) < 4.78 is 1.06. The van der Waals surface area contributed by atoms with E-state index < -0.39 is 0 Å². The van der Waals surface area contributed by atoms with Gasteiger partial charge in [-0.3, -0.25) is 10.1 Å². The van der Waals surface area contributed by atoms with Gasteiger partial charge in [0, 0.05) is 29.7 Å². The molecule has 3 aromatic rings. The molecular formula is C18H18BrN3OS2. The summed E-state index contributed by atoms with van der Waals surface area (Å²) in [5.74, 6) is -0.139. The SMILES string of the molecule is CCN(CC)c1ccc(C(=O)Nc2nc(-c3ccc(Br)s3)cs2)cc1. The number of carbonyl (C=O) groups is 1. The van der Waals surface area contributed by atoms with Crippen LogP contribution in [0, 0.1) is 0 Å². The Labute approximate surface area is 163 Å². The van der Waals surface area contributed by atoms with Crippen molar-refractivity contribution < 1.29 is 4.79 Å². The predicted octanol–water partition coefficient (Wildman–Crippen LogP) is 5.73. The summed E-state index contributed by atoms with van der Waals surface area (Å²) in [6.45, 7) is 6.14. The average Bonchev–Trinajstić information content (AvgIpc) is 3.25. The van der Waals surface area contributed by atoms with Crippen LogP contribution < -0.4 is 10.2 Å². The molecule has 1 aromatic carbocycles. The number of carbonyl (C=O) groups excluding carboxylic acids is 1. The van der Waals surface area contributed by atoms with E-state index in [2.05, 4.69) is 45.0 Å². The second-order valence-electron chi connectivity index (χ2n) is 5.31. The normalized spacial score (nSPS) is 10.7. The van der Waals surface area contributed by atoms with Gasteiger partial charge in [-0.15, -0.1) is 22.7 Å². The fraction of sp³-hybridized carbons (Fsp3) is 0.222. The average molecular weight is 436 g/mol. The molecule has 1 N–H and O–H groups in total. The summed E-state index contributed by atoms with van der Waals surface area (Å²) in [7, 11) is 0. The Morgan fingerprint density at radius 3 is 2.48 bits per heavy atom. The first-order valence-corrected chi connectivity index (χ1v) is 10.5. The Morgan fingerprint density at radius 1 is 1.16 bits per heavy atom. The molecule has 4 nitrogen and oxygen atoms in total. The van der Waals surface area contributed by atoms with E-state index in [0.29, 0.717) is 10.7 Å². The summed E-state index contributed by atoms with van der Waals surface area (Å²) in [6.07, 6.45) is 0. The zero-order valence-electron chi connectivity index (χ0n) is 14.0. The summed E-state index contributed by atoms with van der Waals surface area (Å²) in [5, 5.41) is 5.44. The van der Waals surface area contributed by atoms with Crippen molar-refractivity contribution >= 4 is 55.3 Å². The molecule has 0 aliphatic rings. The van der Waals surface area contributed by atoms with Crippen molar-refractivity contribution in [2.45, 2.75) is 13.8 Å². The summed E-state index contributed by atoms with van der Waals surface area (Å²) in [4.78, 5) is 20.2. The molecule has 0 saturated carbocycles. The van der Waals surface area contributed by atoms with Gasteiger partial charge >= 0.3 is 0 Å². The molecule has 3 rings (SSSR count). The largest absolute Gasteiger partial charge is 0.372 e. The van der Waals surface area contributed by atoms with Gasteiger partial charge in [-0.2, -0.15) is 0 Å². The van der Waals surface area contributed by atoms with Gasteiger partial charge in [-0.25, -0.2) is 4.98 Å². The van der Waals surface area contributed by atoms with Crippen LogP contribution in [0.5, 0.6) is 0 Å². The Balaban J connectivity index is 1.69. The second-order valence-corrected chi connectivity index (χ2v) is 8.64. The van der Waals surface area contributed by atoms with Crippen molar-refractivity contribution in [1.29, 1.82) is 0 Å². The maximum absolute atomic E-state index is 12.4. The van der Waals surface area contributed by atoms with Crippen LogP contribution in [0.25, 0.3) is 10.6 Å². The van der Waals surface area contributed by atoms with Gasteiger partial charge in [0.15, 0.2) is 5.13 Å². The van der Waals surface area contributed by atoms with Gasteiger partial charge in [-0.1, -0.05) is 0 Å². The molecule has 2 aromatic heterocycles.